The number of rotatable bonds is 5. The summed E-state index contributed by atoms with van der Waals surface area (Å²) in [5.74, 6) is 5.43. The summed E-state index contributed by atoms with van der Waals surface area (Å²) >= 11 is 0. The molecule has 190 valence electrons. The maximum absolute atomic E-state index is 13.9. The van der Waals surface area contributed by atoms with Crippen LogP contribution in [0.1, 0.15) is 44.1 Å². The van der Waals surface area contributed by atoms with Crippen molar-refractivity contribution in [2.24, 2.45) is 19.1 Å². The molecule has 1 aromatic carbocycles. The summed E-state index contributed by atoms with van der Waals surface area (Å²) in [6.07, 6.45) is 5.81. The van der Waals surface area contributed by atoms with E-state index in [9.17, 15) is 13.2 Å². The molecule has 37 heavy (non-hydrogen) atoms. The third kappa shape index (κ3) is 4.28. The molecule has 1 fully saturated rings. The van der Waals surface area contributed by atoms with Crippen LogP contribution >= 0.6 is 0 Å². The van der Waals surface area contributed by atoms with Crippen LogP contribution in [-0.2, 0) is 30.6 Å². The van der Waals surface area contributed by atoms with Gasteiger partial charge in [0.25, 0.3) is 5.91 Å². The lowest BCUT2D eigenvalue weighted by Crippen LogP contribution is -2.52. The van der Waals surface area contributed by atoms with Crippen LogP contribution in [0.3, 0.4) is 0 Å². The second kappa shape index (κ2) is 8.25. The Morgan fingerprint density at radius 1 is 1.24 bits per heavy atom. The molecule has 12 nitrogen and oxygen atoms in total. The molecular formula is C24H25N9O3S. The Kier molecular flexibility index (Phi) is 4.71. The first-order chi connectivity index (χ1) is 18.4. The number of nitrogens with one attached hydrogen (secondary N) is 1. The SMILES string of the molecule is [2H]C([2H])(c1cnn(C)c1)N1C(=O)c2cc(S(=O)(=O)NC3(C)CC3)ccc2N2C1=NCC2C#Cc1cnn(C)n1. The summed E-state index contributed by atoms with van der Waals surface area (Å²) < 4.78 is 48.3. The van der Waals surface area contributed by atoms with Gasteiger partial charge >= 0.3 is 0 Å². The van der Waals surface area contributed by atoms with Crippen molar-refractivity contribution in [3.8, 4) is 11.8 Å². The number of anilines is 1. The van der Waals surface area contributed by atoms with Crippen LogP contribution in [0.25, 0.3) is 0 Å². The van der Waals surface area contributed by atoms with Crippen LogP contribution in [0.5, 0.6) is 0 Å². The van der Waals surface area contributed by atoms with E-state index in [-0.39, 0.29) is 28.5 Å². The van der Waals surface area contributed by atoms with E-state index in [1.54, 1.807) is 25.1 Å². The second-order valence-electron chi connectivity index (χ2n) is 9.52. The first-order valence-corrected chi connectivity index (χ1v) is 13.1. The predicted molar refractivity (Wildman–Crippen MR) is 134 cm³/mol. The van der Waals surface area contributed by atoms with Crippen molar-refractivity contribution in [2.75, 3.05) is 11.4 Å². The number of carbonyl (C=O) groups excluding carboxylic acids is 1. The van der Waals surface area contributed by atoms with Gasteiger partial charge in [-0.15, -0.1) is 5.10 Å². The van der Waals surface area contributed by atoms with Crippen molar-refractivity contribution in [3.63, 3.8) is 0 Å². The van der Waals surface area contributed by atoms with E-state index in [0.29, 0.717) is 11.4 Å². The maximum Gasteiger partial charge on any atom is 0.263 e. The van der Waals surface area contributed by atoms with Gasteiger partial charge in [-0.3, -0.25) is 19.3 Å². The molecule has 3 aromatic rings. The Hall–Kier alpha value is -4.02. The Bertz CT molecular complexity index is 1710. The molecule has 13 heteroatoms. The molecule has 1 aliphatic carbocycles. The quantitative estimate of drug-likeness (QED) is 0.488. The Morgan fingerprint density at radius 3 is 2.73 bits per heavy atom. The van der Waals surface area contributed by atoms with E-state index in [1.807, 2.05) is 6.92 Å². The highest BCUT2D eigenvalue weighted by atomic mass is 32.2. The molecule has 1 saturated carbocycles. The van der Waals surface area contributed by atoms with Crippen LogP contribution in [0.4, 0.5) is 5.69 Å². The fourth-order valence-electron chi connectivity index (χ4n) is 4.25. The number of amides is 1. The number of hydrogen-bond donors (Lipinski definition) is 1. The number of carbonyl (C=O) groups is 1. The number of fused-ring (bicyclic) bond motifs is 3. The van der Waals surface area contributed by atoms with Crippen molar-refractivity contribution < 1.29 is 16.0 Å². The number of aromatic nitrogens is 5. The van der Waals surface area contributed by atoms with Crippen molar-refractivity contribution in [2.45, 2.75) is 42.7 Å². The summed E-state index contributed by atoms with van der Waals surface area (Å²) in [6.45, 7) is -0.359. The lowest BCUT2D eigenvalue weighted by Gasteiger charge is -2.37. The number of hydrogen-bond acceptors (Lipinski definition) is 8. The summed E-state index contributed by atoms with van der Waals surface area (Å²) in [5.41, 5.74) is 0.509. The van der Waals surface area contributed by atoms with Gasteiger partial charge in [0.2, 0.25) is 16.0 Å². The summed E-state index contributed by atoms with van der Waals surface area (Å²) in [4.78, 5) is 22.4. The fraction of sp³-hybridized carbons (Fsp3) is 0.375. The minimum atomic E-state index is -3.92. The normalized spacial score (nSPS) is 20.9. The van der Waals surface area contributed by atoms with Gasteiger partial charge < -0.3 is 0 Å². The van der Waals surface area contributed by atoms with E-state index in [4.69, 9.17) is 2.74 Å². The number of aliphatic imine (C=N–C) groups is 1. The number of nitrogens with zero attached hydrogens (tertiary/aromatic N) is 8. The molecule has 1 N–H and O–H groups in total. The van der Waals surface area contributed by atoms with Crippen LogP contribution in [-0.4, -0.2) is 68.1 Å². The maximum atomic E-state index is 13.9. The molecule has 0 radical (unpaired) electrons. The van der Waals surface area contributed by atoms with Crippen molar-refractivity contribution in [1.29, 1.82) is 0 Å². The van der Waals surface area contributed by atoms with Gasteiger partial charge in [0.15, 0.2) is 5.69 Å². The van der Waals surface area contributed by atoms with Gasteiger partial charge in [0.1, 0.15) is 6.04 Å². The zero-order valence-corrected chi connectivity index (χ0v) is 21.2. The first kappa shape index (κ1) is 21.1. The van der Waals surface area contributed by atoms with Crippen LogP contribution in [0.2, 0.25) is 0 Å². The van der Waals surface area contributed by atoms with E-state index in [2.05, 4.69) is 36.9 Å². The van der Waals surface area contributed by atoms with Crippen LogP contribution < -0.4 is 9.62 Å². The highest BCUT2D eigenvalue weighted by Gasteiger charge is 2.44. The highest BCUT2D eigenvalue weighted by molar-refractivity contribution is 7.89. The zero-order chi connectivity index (χ0) is 27.7. The molecule has 0 spiro atoms. The number of aryl methyl sites for hydroxylation is 2. The molecular weight excluding hydrogens is 494 g/mol. The Morgan fingerprint density at radius 2 is 2.05 bits per heavy atom. The van der Waals surface area contributed by atoms with E-state index in [1.165, 1.54) is 40.2 Å². The molecule has 2 aromatic heterocycles. The molecule has 6 rings (SSSR count). The topological polar surface area (TPSA) is 131 Å². The number of guanidine groups is 1. The number of sulfonamides is 1. The van der Waals surface area contributed by atoms with Gasteiger partial charge in [-0.25, -0.2) is 18.1 Å². The smallest absolute Gasteiger partial charge is 0.263 e. The van der Waals surface area contributed by atoms with Crippen molar-refractivity contribution >= 4 is 27.6 Å². The minimum Gasteiger partial charge on any atom is -0.295 e. The van der Waals surface area contributed by atoms with E-state index < -0.39 is 34.0 Å². The molecule has 0 bridgehead atoms. The standard InChI is InChI=1S/C24H25N9O3S/c1-24(8-9-24)29-37(35,36)19-6-7-21-20(10-19)22(34)32(15-16-11-26-30(2)14-16)23-25-13-18(33(21)23)5-4-17-12-27-31(3)28-17/h6-7,10-12,14,18,29H,8-9,13,15H2,1-3H3/i15D2. The van der Waals surface area contributed by atoms with Gasteiger partial charge in [-0.1, -0.05) is 5.92 Å². The van der Waals surface area contributed by atoms with Gasteiger partial charge in [0.05, 0.1) is 44.3 Å². The summed E-state index contributed by atoms with van der Waals surface area (Å²) in [6, 6.07) is 3.72. The Labute approximate surface area is 216 Å². The Balaban J connectivity index is 1.46. The summed E-state index contributed by atoms with van der Waals surface area (Å²) in [7, 11) is -0.591. The second-order valence-corrected chi connectivity index (χ2v) is 11.2. The van der Waals surface area contributed by atoms with Crippen LogP contribution in [0, 0.1) is 11.8 Å². The third-order valence-corrected chi connectivity index (χ3v) is 8.03. The molecule has 3 aliphatic rings. The predicted octanol–water partition coefficient (Wildman–Crippen LogP) is 0.632. The zero-order valence-electron chi connectivity index (χ0n) is 22.4. The van der Waals surface area contributed by atoms with E-state index in [0.717, 1.165) is 17.7 Å². The molecule has 1 atom stereocenters. The summed E-state index contributed by atoms with van der Waals surface area (Å²) in [5, 5.41) is 12.2. The lowest BCUT2D eigenvalue weighted by molar-refractivity contribution is 0.0833. The largest absolute Gasteiger partial charge is 0.295 e. The number of benzene rings is 1. The minimum absolute atomic E-state index is 0.0266. The van der Waals surface area contributed by atoms with Crippen LogP contribution in [0.15, 0.2) is 46.7 Å². The monoisotopic (exact) mass is 521 g/mol. The van der Waals surface area contributed by atoms with Crippen molar-refractivity contribution in [3.05, 3.63) is 53.6 Å². The highest BCUT2D eigenvalue weighted by Crippen LogP contribution is 2.38. The van der Waals surface area contributed by atoms with Gasteiger partial charge in [-0.2, -0.15) is 15.0 Å². The molecule has 1 unspecified atom stereocenters. The van der Waals surface area contributed by atoms with Crippen molar-refractivity contribution in [1.82, 2.24) is 34.4 Å². The van der Waals surface area contributed by atoms with Gasteiger partial charge in [-0.05, 0) is 43.9 Å². The molecule has 1 amide bonds. The molecule has 2 aliphatic heterocycles. The average Bonchev–Trinajstić information content (AvgIpc) is 3.25. The third-order valence-electron chi connectivity index (χ3n) is 6.40. The average molecular weight is 522 g/mol. The molecule has 0 saturated heterocycles. The molecule has 4 heterocycles. The fourth-order valence-corrected chi connectivity index (χ4v) is 5.74. The van der Waals surface area contributed by atoms with Gasteiger partial charge in [0, 0.05) is 31.4 Å². The van der Waals surface area contributed by atoms with E-state index >= 15 is 0 Å². The first-order valence-electron chi connectivity index (χ1n) is 12.6. The lowest BCUT2D eigenvalue weighted by atomic mass is 10.1.